The summed E-state index contributed by atoms with van der Waals surface area (Å²) in [5.74, 6) is -0.656. The molecule has 0 aliphatic heterocycles. The van der Waals surface area contributed by atoms with Crippen molar-refractivity contribution in [2.75, 3.05) is 39.1 Å². The molecule has 1 N–H and O–H groups in total. The number of carboxylic acids is 1. The van der Waals surface area contributed by atoms with E-state index >= 15 is 0 Å². The van der Waals surface area contributed by atoms with Gasteiger partial charge < -0.3 is 14.9 Å². The minimum Gasteiger partial charge on any atom is -0.476 e. The second kappa shape index (κ2) is 5.41. The molecule has 88 valence electrons. The molecular formula is C10H16N4O2. The van der Waals surface area contributed by atoms with Crippen LogP contribution >= 0.6 is 0 Å². The van der Waals surface area contributed by atoms with Crippen molar-refractivity contribution in [2.24, 2.45) is 0 Å². The van der Waals surface area contributed by atoms with E-state index in [1.807, 2.05) is 19.0 Å². The quantitative estimate of drug-likeness (QED) is 0.769. The lowest BCUT2D eigenvalue weighted by Gasteiger charge is -2.21. The number of carboxylic acid groups (broad SMARTS) is 1. The van der Waals surface area contributed by atoms with Crippen molar-refractivity contribution in [1.82, 2.24) is 14.9 Å². The maximum atomic E-state index is 10.9. The first-order valence-electron chi connectivity index (χ1n) is 4.92. The third-order valence-corrected chi connectivity index (χ3v) is 2.13. The number of aromatic carboxylic acids is 1. The summed E-state index contributed by atoms with van der Waals surface area (Å²) in [5.41, 5.74) is -0.0104. The third kappa shape index (κ3) is 3.16. The Kier molecular flexibility index (Phi) is 4.19. The second-order valence-electron chi connectivity index (χ2n) is 3.76. The second-order valence-corrected chi connectivity index (χ2v) is 3.76. The lowest BCUT2D eigenvalue weighted by Crippen LogP contribution is -2.30. The zero-order chi connectivity index (χ0) is 12.1. The topological polar surface area (TPSA) is 69.6 Å². The van der Waals surface area contributed by atoms with Gasteiger partial charge in [0.2, 0.25) is 0 Å². The lowest BCUT2D eigenvalue weighted by atomic mass is 10.3. The predicted octanol–water partition coefficient (Wildman–Crippen LogP) is 0.173. The van der Waals surface area contributed by atoms with Crippen LogP contribution in [0.5, 0.6) is 0 Å². The average molecular weight is 224 g/mol. The molecule has 0 aromatic carbocycles. The Morgan fingerprint density at radius 1 is 1.25 bits per heavy atom. The molecule has 1 heterocycles. The summed E-state index contributed by atoms with van der Waals surface area (Å²) < 4.78 is 0. The van der Waals surface area contributed by atoms with Crippen LogP contribution in [0.2, 0.25) is 0 Å². The highest BCUT2D eigenvalue weighted by Crippen LogP contribution is 2.12. The Balaban J connectivity index is 2.82. The lowest BCUT2D eigenvalue weighted by molar-refractivity contribution is 0.0691. The van der Waals surface area contributed by atoms with Gasteiger partial charge >= 0.3 is 5.97 Å². The SMILES string of the molecule is CN(C)CCN(C)c1nccnc1C(=O)O. The minimum atomic E-state index is -1.06. The van der Waals surface area contributed by atoms with E-state index < -0.39 is 5.97 Å². The van der Waals surface area contributed by atoms with Gasteiger partial charge in [0.15, 0.2) is 11.5 Å². The normalized spacial score (nSPS) is 10.5. The van der Waals surface area contributed by atoms with Gasteiger partial charge in [-0.2, -0.15) is 0 Å². The van der Waals surface area contributed by atoms with Crippen LogP contribution in [0.3, 0.4) is 0 Å². The molecule has 16 heavy (non-hydrogen) atoms. The number of rotatable bonds is 5. The van der Waals surface area contributed by atoms with Gasteiger partial charge in [0, 0.05) is 32.5 Å². The van der Waals surface area contributed by atoms with E-state index in [2.05, 4.69) is 9.97 Å². The van der Waals surface area contributed by atoms with E-state index in [0.29, 0.717) is 12.4 Å². The van der Waals surface area contributed by atoms with E-state index in [0.717, 1.165) is 6.54 Å². The van der Waals surface area contributed by atoms with Crippen molar-refractivity contribution in [1.29, 1.82) is 0 Å². The summed E-state index contributed by atoms with van der Waals surface area (Å²) in [7, 11) is 5.73. The van der Waals surface area contributed by atoms with Crippen molar-refractivity contribution in [3.05, 3.63) is 18.1 Å². The minimum absolute atomic E-state index is 0.0104. The number of likely N-dealkylation sites (N-methyl/N-ethyl adjacent to an activating group) is 2. The number of hydrogen-bond donors (Lipinski definition) is 1. The first-order chi connectivity index (χ1) is 7.52. The molecule has 6 nitrogen and oxygen atoms in total. The van der Waals surface area contributed by atoms with Crippen LogP contribution in [-0.2, 0) is 0 Å². The van der Waals surface area contributed by atoms with Gasteiger partial charge in [-0.1, -0.05) is 0 Å². The molecule has 0 unspecified atom stereocenters. The van der Waals surface area contributed by atoms with Crippen LogP contribution < -0.4 is 4.90 Å². The van der Waals surface area contributed by atoms with Crippen LogP contribution in [-0.4, -0.2) is 60.2 Å². The number of anilines is 1. The zero-order valence-electron chi connectivity index (χ0n) is 9.71. The van der Waals surface area contributed by atoms with Crippen LogP contribution in [0.4, 0.5) is 5.82 Å². The van der Waals surface area contributed by atoms with E-state index in [1.165, 1.54) is 12.4 Å². The highest BCUT2D eigenvalue weighted by molar-refractivity contribution is 5.90. The number of carbonyl (C=O) groups is 1. The standard InChI is InChI=1S/C10H16N4O2/c1-13(2)6-7-14(3)9-8(10(15)16)11-4-5-12-9/h4-5H,6-7H2,1-3H3,(H,15,16). The summed E-state index contributed by atoms with van der Waals surface area (Å²) >= 11 is 0. The maximum Gasteiger partial charge on any atom is 0.358 e. The van der Waals surface area contributed by atoms with Crippen LogP contribution in [0.25, 0.3) is 0 Å². The van der Waals surface area contributed by atoms with Crippen LogP contribution in [0.1, 0.15) is 10.5 Å². The Morgan fingerprint density at radius 3 is 2.44 bits per heavy atom. The van der Waals surface area contributed by atoms with E-state index in [-0.39, 0.29) is 5.69 Å². The molecule has 0 aliphatic rings. The van der Waals surface area contributed by atoms with E-state index in [9.17, 15) is 4.79 Å². The molecule has 0 spiro atoms. The Morgan fingerprint density at radius 2 is 1.88 bits per heavy atom. The van der Waals surface area contributed by atoms with Crippen molar-refractivity contribution < 1.29 is 9.90 Å². The molecule has 0 atom stereocenters. The van der Waals surface area contributed by atoms with Gasteiger partial charge in [-0.25, -0.2) is 14.8 Å². The Labute approximate surface area is 94.5 Å². The van der Waals surface area contributed by atoms with Crippen molar-refractivity contribution in [2.45, 2.75) is 0 Å². The maximum absolute atomic E-state index is 10.9. The zero-order valence-corrected chi connectivity index (χ0v) is 9.71. The third-order valence-electron chi connectivity index (χ3n) is 2.13. The molecule has 1 rings (SSSR count). The molecule has 0 amide bonds. The van der Waals surface area contributed by atoms with Crippen LogP contribution in [0, 0.1) is 0 Å². The largest absolute Gasteiger partial charge is 0.476 e. The Bertz CT molecular complexity index is 368. The van der Waals surface area contributed by atoms with Gasteiger partial charge in [0.1, 0.15) is 0 Å². The number of aromatic nitrogens is 2. The fourth-order valence-electron chi connectivity index (χ4n) is 1.22. The molecule has 0 saturated carbocycles. The van der Waals surface area contributed by atoms with Gasteiger partial charge in [-0.15, -0.1) is 0 Å². The summed E-state index contributed by atoms with van der Waals surface area (Å²) in [4.78, 5) is 22.6. The summed E-state index contributed by atoms with van der Waals surface area (Å²) in [6.07, 6.45) is 2.88. The molecule has 0 saturated heterocycles. The molecule has 0 aliphatic carbocycles. The van der Waals surface area contributed by atoms with Gasteiger partial charge in [-0.3, -0.25) is 0 Å². The number of nitrogens with zero attached hydrogens (tertiary/aromatic N) is 4. The monoisotopic (exact) mass is 224 g/mol. The predicted molar refractivity (Wildman–Crippen MR) is 60.8 cm³/mol. The first-order valence-corrected chi connectivity index (χ1v) is 4.92. The van der Waals surface area contributed by atoms with Gasteiger partial charge in [-0.05, 0) is 14.1 Å². The molecule has 0 bridgehead atoms. The fourth-order valence-corrected chi connectivity index (χ4v) is 1.22. The fraction of sp³-hybridized carbons (Fsp3) is 0.500. The smallest absolute Gasteiger partial charge is 0.358 e. The van der Waals surface area contributed by atoms with Crippen molar-refractivity contribution >= 4 is 11.8 Å². The summed E-state index contributed by atoms with van der Waals surface area (Å²) in [6.45, 7) is 1.53. The highest BCUT2D eigenvalue weighted by Gasteiger charge is 2.15. The molecule has 1 aromatic rings. The van der Waals surface area contributed by atoms with E-state index in [1.54, 1.807) is 11.9 Å². The van der Waals surface area contributed by atoms with E-state index in [4.69, 9.17) is 5.11 Å². The molecule has 6 heteroatoms. The van der Waals surface area contributed by atoms with Crippen molar-refractivity contribution in [3.8, 4) is 0 Å². The molecule has 0 radical (unpaired) electrons. The number of hydrogen-bond acceptors (Lipinski definition) is 5. The molecule has 1 aromatic heterocycles. The molecule has 0 fully saturated rings. The first kappa shape index (κ1) is 12.4. The van der Waals surface area contributed by atoms with Crippen LogP contribution in [0.15, 0.2) is 12.4 Å². The Hall–Kier alpha value is -1.69. The molecular weight excluding hydrogens is 208 g/mol. The van der Waals surface area contributed by atoms with Gasteiger partial charge in [0.05, 0.1) is 0 Å². The van der Waals surface area contributed by atoms with Gasteiger partial charge in [0.25, 0.3) is 0 Å². The summed E-state index contributed by atoms with van der Waals surface area (Å²) in [6, 6.07) is 0. The van der Waals surface area contributed by atoms with Crippen molar-refractivity contribution in [3.63, 3.8) is 0 Å². The average Bonchev–Trinajstić information content (AvgIpc) is 2.25. The summed E-state index contributed by atoms with van der Waals surface area (Å²) in [5, 5.41) is 8.95. The highest BCUT2D eigenvalue weighted by atomic mass is 16.4.